The fourth-order valence-corrected chi connectivity index (χ4v) is 7.21. The molecule has 1 unspecified atom stereocenters. The van der Waals surface area contributed by atoms with Gasteiger partial charge in [0.15, 0.2) is 23.1 Å². The Morgan fingerprint density at radius 1 is 0.822 bits per heavy atom. The molecule has 10 nitrogen and oxygen atoms in total. The summed E-state index contributed by atoms with van der Waals surface area (Å²) < 4.78 is 78.7. The summed E-state index contributed by atoms with van der Waals surface area (Å²) in [7, 11) is -8.47. The van der Waals surface area contributed by atoms with Crippen molar-refractivity contribution in [3.63, 3.8) is 0 Å². The van der Waals surface area contributed by atoms with Crippen molar-refractivity contribution in [2.45, 2.75) is 32.4 Å². The molecule has 4 aromatic carbocycles. The summed E-state index contributed by atoms with van der Waals surface area (Å²) in [6, 6.07) is 23.8. The van der Waals surface area contributed by atoms with Gasteiger partial charge in [-0.2, -0.15) is 16.8 Å². The van der Waals surface area contributed by atoms with E-state index < -0.39 is 38.0 Å². The maximum atomic E-state index is 11.7. The Kier molecular flexibility index (Phi) is 8.35. The number of benzene rings is 4. The molecule has 2 aliphatic rings. The van der Waals surface area contributed by atoms with Gasteiger partial charge in [0, 0.05) is 31.1 Å². The molecule has 2 aliphatic heterocycles. The summed E-state index contributed by atoms with van der Waals surface area (Å²) >= 11 is 0. The van der Waals surface area contributed by atoms with Crippen molar-refractivity contribution in [2.75, 3.05) is 29.9 Å². The molecule has 0 spiro atoms. The van der Waals surface area contributed by atoms with Crippen LogP contribution in [0.2, 0.25) is 0 Å². The molecule has 1 atom stereocenters. The lowest BCUT2D eigenvalue weighted by Gasteiger charge is -2.37. The van der Waals surface area contributed by atoms with E-state index in [1.807, 2.05) is 91.9 Å². The van der Waals surface area contributed by atoms with Crippen molar-refractivity contribution in [2.24, 2.45) is 0 Å². The Labute approximate surface area is 262 Å². The maximum absolute atomic E-state index is 11.7. The standard InChI is InChI=1S/C33H34N2O8S2/c1-2-23(17-32-34-28-19-24-9-3-5-11-26(24)21-30(28)42-32)18-33-35(13-7-15-44(36,37)38,14-8-16-45(39,40)41)29-20-25-10-4-6-12-27(25)22-31(29)43-33/h3-6,9-12,17-22,33-34H,2,7-8,13-16H2,1H3,(H-,36,37,38,39,40,41)/p+1. The largest absolute Gasteiger partial charge is 0.439 e. The molecule has 0 aromatic heterocycles. The Morgan fingerprint density at radius 2 is 1.36 bits per heavy atom. The highest BCUT2D eigenvalue weighted by atomic mass is 32.2. The highest BCUT2D eigenvalue weighted by molar-refractivity contribution is 7.86. The van der Waals surface area contributed by atoms with Crippen molar-refractivity contribution in [3.05, 3.63) is 96.4 Å². The van der Waals surface area contributed by atoms with Gasteiger partial charge in [-0.3, -0.25) is 9.11 Å². The molecular weight excluding hydrogens is 617 g/mol. The molecule has 4 aromatic rings. The monoisotopic (exact) mass is 651 g/mol. The van der Waals surface area contributed by atoms with E-state index in [0.29, 0.717) is 23.8 Å². The van der Waals surface area contributed by atoms with Gasteiger partial charge in [0.05, 0.1) is 30.3 Å². The van der Waals surface area contributed by atoms with E-state index in [2.05, 4.69) is 5.32 Å². The van der Waals surface area contributed by atoms with E-state index in [-0.39, 0.29) is 30.4 Å². The van der Waals surface area contributed by atoms with Crippen LogP contribution in [0, 0.1) is 0 Å². The van der Waals surface area contributed by atoms with Gasteiger partial charge in [0.2, 0.25) is 0 Å². The van der Waals surface area contributed by atoms with Crippen LogP contribution in [-0.4, -0.2) is 56.8 Å². The molecular formula is C33H35N2O8S2+. The third-order valence-corrected chi connectivity index (χ3v) is 9.98. The molecule has 236 valence electrons. The van der Waals surface area contributed by atoms with Gasteiger partial charge in [0.1, 0.15) is 0 Å². The fourth-order valence-electron chi connectivity index (χ4n) is 6.22. The number of nitrogens with zero attached hydrogens (tertiary/aromatic N) is 1. The maximum Gasteiger partial charge on any atom is 0.265 e. The van der Waals surface area contributed by atoms with Gasteiger partial charge in [-0.1, -0.05) is 55.5 Å². The molecule has 2 heterocycles. The third kappa shape index (κ3) is 6.85. The number of hydrogen-bond acceptors (Lipinski definition) is 7. The molecule has 6 rings (SSSR count). The summed E-state index contributed by atoms with van der Waals surface area (Å²) in [5, 5.41) is 7.39. The number of rotatable bonds is 11. The van der Waals surface area contributed by atoms with Gasteiger partial charge in [-0.15, -0.1) is 0 Å². The van der Waals surface area contributed by atoms with Gasteiger partial charge >= 0.3 is 0 Å². The van der Waals surface area contributed by atoms with Crippen molar-refractivity contribution in [1.29, 1.82) is 0 Å². The molecule has 0 aliphatic carbocycles. The van der Waals surface area contributed by atoms with E-state index in [4.69, 9.17) is 9.47 Å². The first kappa shape index (κ1) is 31.1. The summed E-state index contributed by atoms with van der Waals surface area (Å²) in [6.45, 7) is 2.47. The number of fused-ring (bicyclic) bond motifs is 4. The van der Waals surface area contributed by atoms with E-state index in [1.165, 1.54) is 0 Å². The van der Waals surface area contributed by atoms with Crippen LogP contribution in [0.5, 0.6) is 11.5 Å². The van der Waals surface area contributed by atoms with Gasteiger partial charge in [-0.25, -0.2) is 4.48 Å². The topological polar surface area (TPSA) is 139 Å². The normalized spacial score (nSPS) is 18.4. The zero-order valence-corrected chi connectivity index (χ0v) is 26.4. The van der Waals surface area contributed by atoms with Gasteiger partial charge in [0.25, 0.3) is 26.5 Å². The van der Waals surface area contributed by atoms with Crippen LogP contribution >= 0.6 is 0 Å². The lowest BCUT2D eigenvalue weighted by molar-refractivity contribution is 0.105. The second kappa shape index (κ2) is 12.1. The van der Waals surface area contributed by atoms with Crippen molar-refractivity contribution in [1.82, 2.24) is 4.48 Å². The van der Waals surface area contributed by atoms with Crippen LogP contribution in [-0.2, 0) is 20.2 Å². The summed E-state index contributed by atoms with van der Waals surface area (Å²) in [6.07, 6.45) is 4.02. The van der Waals surface area contributed by atoms with Crippen LogP contribution in [0.4, 0.5) is 11.4 Å². The number of ether oxygens (including phenoxy) is 2. The first-order valence-corrected chi connectivity index (χ1v) is 18.0. The number of nitrogens with one attached hydrogen (secondary N) is 1. The molecule has 0 saturated carbocycles. The Bertz CT molecular complexity index is 1970. The van der Waals surface area contributed by atoms with Crippen LogP contribution in [0.25, 0.3) is 21.5 Å². The lowest BCUT2D eigenvalue weighted by atomic mass is 10.1. The molecule has 0 saturated heterocycles. The molecule has 3 N–H and O–H groups in total. The van der Waals surface area contributed by atoms with E-state index in [9.17, 15) is 25.9 Å². The van der Waals surface area contributed by atoms with Crippen molar-refractivity contribution in [3.8, 4) is 11.5 Å². The summed E-state index contributed by atoms with van der Waals surface area (Å²) in [5.41, 5.74) is 2.51. The summed E-state index contributed by atoms with van der Waals surface area (Å²) in [5.74, 6) is 0.947. The van der Waals surface area contributed by atoms with Crippen molar-refractivity contribution < 1.29 is 35.4 Å². The summed E-state index contributed by atoms with van der Waals surface area (Å²) in [4.78, 5) is 0. The van der Waals surface area contributed by atoms with E-state index in [0.717, 1.165) is 38.5 Å². The smallest absolute Gasteiger partial charge is 0.265 e. The minimum Gasteiger partial charge on any atom is -0.439 e. The van der Waals surface area contributed by atoms with Crippen LogP contribution < -0.4 is 19.3 Å². The van der Waals surface area contributed by atoms with E-state index >= 15 is 0 Å². The Morgan fingerprint density at radius 3 is 1.91 bits per heavy atom. The van der Waals surface area contributed by atoms with Crippen molar-refractivity contribution >= 4 is 53.2 Å². The first-order chi connectivity index (χ1) is 21.4. The second-order valence-electron chi connectivity index (χ2n) is 11.5. The molecule has 0 bridgehead atoms. The minimum absolute atomic E-state index is 0.0811. The molecule has 0 radical (unpaired) electrons. The predicted molar refractivity (Wildman–Crippen MR) is 177 cm³/mol. The molecule has 12 heteroatoms. The van der Waals surface area contributed by atoms with Gasteiger partial charge in [-0.05, 0) is 51.7 Å². The quantitative estimate of drug-likeness (QED) is 0.127. The first-order valence-electron chi connectivity index (χ1n) is 14.8. The zero-order chi connectivity index (χ0) is 31.8. The molecule has 0 amide bonds. The van der Waals surface area contributed by atoms with Crippen LogP contribution in [0.1, 0.15) is 26.2 Å². The third-order valence-electron chi connectivity index (χ3n) is 8.37. The minimum atomic E-state index is -4.24. The Hall–Kier alpha value is -3.94. The number of allylic oxidation sites excluding steroid dienone is 2. The lowest BCUT2D eigenvalue weighted by Crippen LogP contribution is -2.57. The van der Waals surface area contributed by atoms with Gasteiger partial charge < -0.3 is 14.8 Å². The number of anilines is 1. The molecule has 0 fully saturated rings. The second-order valence-corrected chi connectivity index (χ2v) is 14.6. The van der Waals surface area contributed by atoms with E-state index in [1.54, 1.807) is 0 Å². The SMILES string of the molecule is CCC(=CC1Oc2cc3ccccc3cc2[N+]1(CCCS(=O)(=O)O)CCCS(=O)(=O)O)C=C1Nc2cc3ccccc3cc2O1. The zero-order valence-electron chi connectivity index (χ0n) is 24.7. The fraction of sp³-hybridized carbons (Fsp3) is 0.273. The Balaban J connectivity index is 1.40. The number of quaternary nitrogens is 1. The van der Waals surface area contributed by atoms with Crippen LogP contribution in [0.15, 0.2) is 96.4 Å². The average molecular weight is 652 g/mol. The predicted octanol–water partition coefficient (Wildman–Crippen LogP) is 6.26. The molecule has 45 heavy (non-hydrogen) atoms. The number of hydrogen-bond donors (Lipinski definition) is 3. The highest BCUT2D eigenvalue weighted by Crippen LogP contribution is 2.47. The highest BCUT2D eigenvalue weighted by Gasteiger charge is 2.48. The average Bonchev–Trinajstić information content (AvgIpc) is 3.50. The van der Waals surface area contributed by atoms with Crippen LogP contribution in [0.3, 0.4) is 0 Å².